The quantitative estimate of drug-likeness (QED) is 0.316. The molecule has 0 spiro atoms. The number of aryl methyl sites for hydroxylation is 2. The van der Waals surface area contributed by atoms with Crippen LogP contribution in [-0.4, -0.2) is 35.8 Å². The Hall–Kier alpha value is -4.36. The van der Waals surface area contributed by atoms with Gasteiger partial charge in [-0.15, -0.1) is 0 Å². The van der Waals surface area contributed by atoms with Crippen LogP contribution >= 0.6 is 0 Å². The number of alkyl halides is 3. The van der Waals surface area contributed by atoms with Crippen molar-refractivity contribution in [3.05, 3.63) is 68.5 Å². The standard InChI is InChI=1S/C23H22F4N8O2/c1-11-8-29-20(33-19(11)28)13-7-16-14(6-15(13)24)22(37)35(10-30-16)5-3-4-12(2)32-17-9-31-34-21(36)18(17)23(25,26)27/h6-10,12H,3-5H2,1-2H3,(H2,28,29,33)(H2,32,34,36). The number of aromatic nitrogens is 6. The Kier molecular flexibility index (Phi) is 6.92. The van der Waals surface area contributed by atoms with Gasteiger partial charge >= 0.3 is 6.18 Å². The zero-order valence-electron chi connectivity index (χ0n) is 19.7. The van der Waals surface area contributed by atoms with Gasteiger partial charge in [0.15, 0.2) is 5.82 Å². The number of rotatable bonds is 7. The summed E-state index contributed by atoms with van der Waals surface area (Å²) in [6.07, 6.45) is -0.423. The molecule has 0 fully saturated rings. The van der Waals surface area contributed by atoms with Crippen molar-refractivity contribution in [2.45, 2.75) is 45.5 Å². The van der Waals surface area contributed by atoms with Crippen molar-refractivity contribution in [3.8, 4) is 11.4 Å². The third-order valence-electron chi connectivity index (χ3n) is 5.74. The third kappa shape index (κ3) is 5.42. The molecule has 1 unspecified atom stereocenters. The number of H-pyrrole nitrogens is 1. The molecule has 3 heterocycles. The number of fused-ring (bicyclic) bond motifs is 1. The molecule has 194 valence electrons. The number of benzene rings is 1. The Bertz CT molecular complexity index is 1580. The van der Waals surface area contributed by atoms with E-state index in [-0.39, 0.29) is 34.7 Å². The van der Waals surface area contributed by atoms with E-state index in [1.807, 2.05) is 0 Å². The van der Waals surface area contributed by atoms with Gasteiger partial charge in [-0.05, 0) is 38.8 Å². The summed E-state index contributed by atoms with van der Waals surface area (Å²) in [6.45, 7) is 3.55. The van der Waals surface area contributed by atoms with Gasteiger partial charge in [-0.25, -0.2) is 24.4 Å². The SMILES string of the molecule is Cc1cnc(-c2cc3ncn(CCCC(C)Nc4cn[nH]c(=O)c4C(F)(F)F)c(=O)c3cc2F)nc1N. The lowest BCUT2D eigenvalue weighted by Crippen LogP contribution is -2.27. The van der Waals surface area contributed by atoms with Crippen LogP contribution in [0.4, 0.5) is 29.1 Å². The van der Waals surface area contributed by atoms with Crippen molar-refractivity contribution in [3.63, 3.8) is 0 Å². The number of aromatic amines is 1. The van der Waals surface area contributed by atoms with Crippen LogP contribution < -0.4 is 22.2 Å². The molecule has 1 aromatic carbocycles. The van der Waals surface area contributed by atoms with E-state index in [4.69, 9.17) is 5.73 Å². The number of nitrogen functional groups attached to an aromatic ring is 1. The molecule has 0 aliphatic heterocycles. The predicted octanol–water partition coefficient (Wildman–Crippen LogP) is 3.27. The van der Waals surface area contributed by atoms with Crippen LogP contribution in [0.1, 0.15) is 30.9 Å². The number of nitrogens with two attached hydrogens (primary N) is 1. The first-order valence-corrected chi connectivity index (χ1v) is 11.1. The Morgan fingerprint density at radius 3 is 2.65 bits per heavy atom. The lowest BCUT2D eigenvalue weighted by atomic mass is 10.1. The van der Waals surface area contributed by atoms with Gasteiger partial charge in [-0.2, -0.15) is 18.3 Å². The van der Waals surface area contributed by atoms with Gasteiger partial charge in [0, 0.05) is 24.3 Å². The molecule has 0 bridgehead atoms. The number of halogens is 4. The highest BCUT2D eigenvalue weighted by atomic mass is 19.4. The van der Waals surface area contributed by atoms with Crippen LogP contribution in [0.3, 0.4) is 0 Å². The normalized spacial score (nSPS) is 12.6. The van der Waals surface area contributed by atoms with E-state index < -0.39 is 40.4 Å². The summed E-state index contributed by atoms with van der Waals surface area (Å²) >= 11 is 0. The summed E-state index contributed by atoms with van der Waals surface area (Å²) in [6, 6.07) is 1.97. The monoisotopic (exact) mass is 518 g/mol. The molecule has 0 amide bonds. The van der Waals surface area contributed by atoms with Crippen molar-refractivity contribution in [2.24, 2.45) is 0 Å². The molecule has 1 atom stereocenters. The molecule has 0 saturated carbocycles. The second kappa shape index (κ2) is 9.95. The average molecular weight is 518 g/mol. The van der Waals surface area contributed by atoms with E-state index in [1.165, 1.54) is 23.2 Å². The predicted molar refractivity (Wildman–Crippen MR) is 128 cm³/mol. The summed E-state index contributed by atoms with van der Waals surface area (Å²) in [5.41, 5.74) is 3.13. The largest absolute Gasteiger partial charge is 0.423 e. The molecule has 3 aromatic heterocycles. The fourth-order valence-electron chi connectivity index (χ4n) is 3.79. The molecule has 4 aromatic rings. The van der Waals surface area contributed by atoms with Gasteiger partial charge in [0.05, 0.1) is 34.7 Å². The van der Waals surface area contributed by atoms with E-state index in [1.54, 1.807) is 18.9 Å². The van der Waals surface area contributed by atoms with E-state index in [0.29, 0.717) is 18.4 Å². The van der Waals surface area contributed by atoms with Crippen LogP contribution in [0.15, 0.2) is 40.4 Å². The molecule has 0 radical (unpaired) electrons. The molecule has 37 heavy (non-hydrogen) atoms. The summed E-state index contributed by atoms with van der Waals surface area (Å²) < 4.78 is 55.8. The van der Waals surface area contributed by atoms with Crippen LogP contribution in [-0.2, 0) is 12.7 Å². The van der Waals surface area contributed by atoms with Crippen LogP contribution in [0.25, 0.3) is 22.3 Å². The Morgan fingerprint density at radius 1 is 1.19 bits per heavy atom. The maximum atomic E-state index is 14.8. The fraction of sp³-hybridized carbons (Fsp3) is 0.304. The molecule has 4 N–H and O–H groups in total. The number of anilines is 2. The second-order valence-corrected chi connectivity index (χ2v) is 8.53. The zero-order valence-corrected chi connectivity index (χ0v) is 19.7. The van der Waals surface area contributed by atoms with Crippen LogP contribution in [0.5, 0.6) is 0 Å². The lowest BCUT2D eigenvalue weighted by Gasteiger charge is -2.18. The summed E-state index contributed by atoms with van der Waals surface area (Å²) in [7, 11) is 0. The maximum absolute atomic E-state index is 14.8. The summed E-state index contributed by atoms with van der Waals surface area (Å²) in [4.78, 5) is 36.9. The highest BCUT2D eigenvalue weighted by molar-refractivity contribution is 5.82. The van der Waals surface area contributed by atoms with Gasteiger partial charge in [0.2, 0.25) is 0 Å². The molecule has 0 aliphatic rings. The zero-order chi connectivity index (χ0) is 26.9. The summed E-state index contributed by atoms with van der Waals surface area (Å²) in [5.74, 6) is -0.432. The van der Waals surface area contributed by atoms with Crippen molar-refractivity contribution >= 4 is 22.4 Å². The minimum Gasteiger partial charge on any atom is -0.383 e. The first-order valence-electron chi connectivity index (χ1n) is 11.1. The second-order valence-electron chi connectivity index (χ2n) is 8.53. The highest BCUT2D eigenvalue weighted by Crippen LogP contribution is 2.32. The summed E-state index contributed by atoms with van der Waals surface area (Å²) in [5, 5.41) is 7.90. The van der Waals surface area contributed by atoms with E-state index >= 15 is 0 Å². The van der Waals surface area contributed by atoms with Crippen molar-refractivity contribution in [1.29, 1.82) is 0 Å². The molecule has 0 saturated heterocycles. The topological polar surface area (TPSA) is 144 Å². The third-order valence-corrected chi connectivity index (χ3v) is 5.74. The molecule has 4 rings (SSSR count). The number of hydrogen-bond acceptors (Lipinski definition) is 8. The van der Waals surface area contributed by atoms with E-state index in [2.05, 4.69) is 25.4 Å². The maximum Gasteiger partial charge on any atom is 0.423 e. The first kappa shape index (κ1) is 25.7. The van der Waals surface area contributed by atoms with Crippen molar-refractivity contribution in [2.75, 3.05) is 11.1 Å². The molecule has 14 heteroatoms. The smallest absolute Gasteiger partial charge is 0.383 e. The Labute approximate surface area is 206 Å². The highest BCUT2D eigenvalue weighted by Gasteiger charge is 2.37. The van der Waals surface area contributed by atoms with Gasteiger partial charge < -0.3 is 11.1 Å². The van der Waals surface area contributed by atoms with Gasteiger partial charge in [0.25, 0.3) is 11.1 Å². The van der Waals surface area contributed by atoms with Gasteiger partial charge in [0.1, 0.15) is 17.2 Å². The minimum absolute atomic E-state index is 0.0520. The van der Waals surface area contributed by atoms with Crippen LogP contribution in [0, 0.1) is 12.7 Å². The van der Waals surface area contributed by atoms with Gasteiger partial charge in [-0.1, -0.05) is 0 Å². The van der Waals surface area contributed by atoms with Gasteiger partial charge in [-0.3, -0.25) is 14.2 Å². The van der Waals surface area contributed by atoms with Crippen LogP contribution in [0.2, 0.25) is 0 Å². The molecule has 10 nitrogen and oxygen atoms in total. The fourth-order valence-corrected chi connectivity index (χ4v) is 3.79. The molecular weight excluding hydrogens is 496 g/mol. The Morgan fingerprint density at radius 2 is 1.95 bits per heavy atom. The lowest BCUT2D eigenvalue weighted by molar-refractivity contribution is -0.138. The minimum atomic E-state index is -4.85. The number of nitrogens with zero attached hydrogens (tertiary/aromatic N) is 5. The number of nitrogens with one attached hydrogen (secondary N) is 2. The van der Waals surface area contributed by atoms with Crippen molar-refractivity contribution < 1.29 is 17.6 Å². The molecule has 0 aliphatic carbocycles. The van der Waals surface area contributed by atoms with E-state index in [9.17, 15) is 27.2 Å². The average Bonchev–Trinajstić information content (AvgIpc) is 2.81. The van der Waals surface area contributed by atoms with Crippen molar-refractivity contribution in [1.82, 2.24) is 29.7 Å². The molecular formula is C23H22F4N8O2. The first-order chi connectivity index (χ1) is 17.5. The Balaban J connectivity index is 1.48. The van der Waals surface area contributed by atoms with E-state index in [0.717, 1.165) is 12.3 Å². The number of hydrogen-bond donors (Lipinski definition) is 3.